The summed E-state index contributed by atoms with van der Waals surface area (Å²) in [7, 11) is 0. The largest absolute Gasteiger partial charge is 0.466 e. The molecular weight excluding hydrogens is 248 g/mol. The van der Waals surface area contributed by atoms with Crippen LogP contribution in [0, 0.1) is 12.3 Å². The summed E-state index contributed by atoms with van der Waals surface area (Å²) >= 11 is 1.63. The predicted molar refractivity (Wildman–Crippen MR) is 73.6 cm³/mol. The molecule has 0 amide bonds. The Balaban J connectivity index is 2.74. The van der Waals surface area contributed by atoms with Crippen LogP contribution in [0.2, 0.25) is 0 Å². The molecule has 0 saturated carbocycles. The lowest BCUT2D eigenvalue weighted by Gasteiger charge is -2.28. The number of esters is 1. The van der Waals surface area contributed by atoms with E-state index in [9.17, 15) is 4.79 Å². The van der Waals surface area contributed by atoms with Crippen molar-refractivity contribution in [2.45, 2.75) is 40.0 Å². The van der Waals surface area contributed by atoms with Crippen molar-refractivity contribution in [3.8, 4) is 0 Å². The van der Waals surface area contributed by atoms with Crippen LogP contribution in [0.4, 0.5) is 0 Å². The van der Waals surface area contributed by atoms with Gasteiger partial charge in [0.15, 0.2) is 0 Å². The van der Waals surface area contributed by atoms with Crippen molar-refractivity contribution < 1.29 is 9.53 Å². The number of ether oxygens (including phenoxy) is 1. The van der Waals surface area contributed by atoms with Crippen molar-refractivity contribution >= 4 is 17.3 Å². The topological polar surface area (TPSA) is 65.2 Å². The lowest BCUT2D eigenvalue weighted by molar-refractivity contribution is -0.155. The van der Waals surface area contributed by atoms with Crippen LogP contribution >= 0.6 is 11.3 Å². The summed E-state index contributed by atoms with van der Waals surface area (Å²) in [4.78, 5) is 17.5. The molecule has 102 valence electrons. The smallest absolute Gasteiger partial charge is 0.313 e. The number of carbonyl (C=O) groups is 1. The first-order valence-corrected chi connectivity index (χ1v) is 7.23. The third-order valence-corrected chi connectivity index (χ3v) is 4.45. The fourth-order valence-electron chi connectivity index (χ4n) is 1.96. The molecule has 4 nitrogen and oxygen atoms in total. The van der Waals surface area contributed by atoms with Crippen molar-refractivity contribution in [1.82, 2.24) is 4.98 Å². The van der Waals surface area contributed by atoms with Crippen molar-refractivity contribution in [1.29, 1.82) is 0 Å². The highest BCUT2D eigenvalue weighted by atomic mass is 32.1. The van der Waals surface area contributed by atoms with E-state index >= 15 is 0 Å². The van der Waals surface area contributed by atoms with Crippen LogP contribution in [0.5, 0.6) is 0 Å². The van der Waals surface area contributed by atoms with E-state index in [0.29, 0.717) is 19.6 Å². The molecule has 0 spiro atoms. The molecule has 1 heterocycles. The Hall–Kier alpha value is -0.940. The minimum atomic E-state index is -0.549. The summed E-state index contributed by atoms with van der Waals surface area (Å²) in [6.07, 6.45) is 2.27. The van der Waals surface area contributed by atoms with Gasteiger partial charge in [0.25, 0.3) is 0 Å². The zero-order valence-corrected chi connectivity index (χ0v) is 12.2. The number of hydrogen-bond donors (Lipinski definition) is 1. The Morgan fingerprint density at radius 2 is 2.28 bits per heavy atom. The van der Waals surface area contributed by atoms with Gasteiger partial charge in [-0.25, -0.2) is 4.98 Å². The molecule has 1 aromatic rings. The van der Waals surface area contributed by atoms with Gasteiger partial charge in [-0.1, -0.05) is 6.92 Å². The predicted octanol–water partition coefficient (Wildman–Crippen LogP) is 2.30. The molecule has 18 heavy (non-hydrogen) atoms. The number of thiazole rings is 1. The van der Waals surface area contributed by atoms with Crippen molar-refractivity contribution in [3.63, 3.8) is 0 Å². The van der Waals surface area contributed by atoms with Gasteiger partial charge >= 0.3 is 5.97 Å². The minimum Gasteiger partial charge on any atom is -0.466 e. The van der Waals surface area contributed by atoms with E-state index in [0.717, 1.165) is 18.5 Å². The fraction of sp³-hybridized carbons (Fsp3) is 0.692. The standard InChI is InChI=1S/C13H22N2O2S/c1-4-13(8-14,12(16)17-5-2)7-6-11-10(3)15-9-18-11/h9H,4-8,14H2,1-3H3. The SMILES string of the molecule is CCOC(=O)C(CC)(CN)CCc1scnc1C. The highest BCUT2D eigenvalue weighted by molar-refractivity contribution is 7.09. The first-order chi connectivity index (χ1) is 8.59. The van der Waals surface area contributed by atoms with E-state index in [1.165, 1.54) is 4.88 Å². The highest BCUT2D eigenvalue weighted by Gasteiger charge is 2.36. The molecule has 0 aromatic carbocycles. The lowest BCUT2D eigenvalue weighted by atomic mass is 9.80. The summed E-state index contributed by atoms with van der Waals surface area (Å²) in [6, 6.07) is 0. The second-order valence-electron chi connectivity index (χ2n) is 4.42. The Labute approximate surface area is 113 Å². The van der Waals surface area contributed by atoms with Crippen LogP contribution < -0.4 is 5.73 Å². The maximum atomic E-state index is 12.1. The van der Waals surface area contributed by atoms with Crippen LogP contribution in [0.3, 0.4) is 0 Å². The molecule has 0 fully saturated rings. The van der Waals surface area contributed by atoms with Crippen LogP contribution in [0.1, 0.15) is 37.3 Å². The Bertz CT molecular complexity index is 386. The fourth-order valence-corrected chi connectivity index (χ4v) is 2.74. The van der Waals surface area contributed by atoms with Crippen molar-refractivity contribution in [3.05, 3.63) is 16.1 Å². The molecule has 0 aliphatic heterocycles. The monoisotopic (exact) mass is 270 g/mol. The average Bonchev–Trinajstić information content (AvgIpc) is 2.77. The van der Waals surface area contributed by atoms with Gasteiger partial charge in [0.1, 0.15) is 0 Å². The third-order valence-electron chi connectivity index (χ3n) is 3.45. The normalized spacial score (nSPS) is 14.2. The van der Waals surface area contributed by atoms with E-state index in [1.807, 2.05) is 26.3 Å². The number of nitrogens with zero attached hydrogens (tertiary/aromatic N) is 1. The molecule has 0 radical (unpaired) electrons. The van der Waals surface area contributed by atoms with E-state index in [-0.39, 0.29) is 5.97 Å². The zero-order chi connectivity index (χ0) is 13.6. The molecule has 1 atom stereocenters. The summed E-state index contributed by atoms with van der Waals surface area (Å²) in [6.45, 7) is 6.54. The quantitative estimate of drug-likeness (QED) is 0.772. The average molecular weight is 270 g/mol. The van der Waals surface area contributed by atoms with Crippen LogP contribution in [-0.4, -0.2) is 24.1 Å². The summed E-state index contributed by atoms with van der Waals surface area (Å²) in [5.74, 6) is -0.169. The molecule has 1 aromatic heterocycles. The molecular formula is C13H22N2O2S. The maximum absolute atomic E-state index is 12.1. The van der Waals surface area contributed by atoms with Gasteiger partial charge in [-0.3, -0.25) is 4.79 Å². The van der Waals surface area contributed by atoms with Crippen LogP contribution in [0.15, 0.2) is 5.51 Å². The third kappa shape index (κ3) is 3.29. The molecule has 1 unspecified atom stereocenters. The molecule has 0 aliphatic carbocycles. The van der Waals surface area contributed by atoms with E-state index in [4.69, 9.17) is 10.5 Å². The van der Waals surface area contributed by atoms with Crippen LogP contribution in [0.25, 0.3) is 0 Å². The summed E-state index contributed by atoms with van der Waals surface area (Å²) in [5, 5.41) is 0. The van der Waals surface area contributed by atoms with Gasteiger partial charge < -0.3 is 10.5 Å². The lowest BCUT2D eigenvalue weighted by Crippen LogP contribution is -2.40. The zero-order valence-electron chi connectivity index (χ0n) is 11.4. The van der Waals surface area contributed by atoms with Gasteiger partial charge in [-0.2, -0.15) is 0 Å². The van der Waals surface area contributed by atoms with Gasteiger partial charge in [0.05, 0.1) is 23.2 Å². The van der Waals surface area contributed by atoms with E-state index < -0.39 is 5.41 Å². The second-order valence-corrected chi connectivity index (χ2v) is 5.36. The van der Waals surface area contributed by atoms with E-state index in [1.54, 1.807) is 11.3 Å². The highest BCUT2D eigenvalue weighted by Crippen LogP contribution is 2.30. The first kappa shape index (κ1) is 15.1. The molecule has 0 bridgehead atoms. The van der Waals surface area contributed by atoms with Crippen molar-refractivity contribution in [2.24, 2.45) is 11.1 Å². The Morgan fingerprint density at radius 1 is 1.56 bits per heavy atom. The number of aromatic nitrogens is 1. The van der Waals surface area contributed by atoms with Gasteiger partial charge in [0.2, 0.25) is 0 Å². The molecule has 2 N–H and O–H groups in total. The molecule has 0 saturated heterocycles. The number of rotatable bonds is 7. The van der Waals surface area contributed by atoms with Crippen LogP contribution in [-0.2, 0) is 16.0 Å². The second kappa shape index (κ2) is 6.85. The molecule has 0 aliphatic rings. The number of aryl methyl sites for hydroxylation is 2. The maximum Gasteiger partial charge on any atom is 0.313 e. The number of hydrogen-bond acceptors (Lipinski definition) is 5. The molecule has 5 heteroatoms. The Kier molecular flexibility index (Phi) is 5.75. The number of carbonyl (C=O) groups excluding carboxylic acids is 1. The number of nitrogens with two attached hydrogens (primary N) is 1. The van der Waals surface area contributed by atoms with E-state index in [2.05, 4.69) is 4.98 Å². The first-order valence-electron chi connectivity index (χ1n) is 6.36. The summed E-state index contributed by atoms with van der Waals surface area (Å²) < 4.78 is 5.16. The Morgan fingerprint density at radius 3 is 2.72 bits per heavy atom. The summed E-state index contributed by atoms with van der Waals surface area (Å²) in [5.41, 5.74) is 8.15. The molecule has 1 rings (SSSR count). The van der Waals surface area contributed by atoms with Crippen molar-refractivity contribution in [2.75, 3.05) is 13.2 Å². The van der Waals surface area contributed by atoms with Gasteiger partial charge in [-0.05, 0) is 33.1 Å². The van der Waals surface area contributed by atoms with Gasteiger partial charge in [0, 0.05) is 11.4 Å². The minimum absolute atomic E-state index is 0.169. The van der Waals surface area contributed by atoms with Gasteiger partial charge in [-0.15, -0.1) is 11.3 Å².